The number of anilines is 1. The third-order valence-electron chi connectivity index (χ3n) is 3.10. The molecule has 0 saturated carbocycles. The van der Waals surface area contributed by atoms with Crippen LogP contribution in [0.3, 0.4) is 0 Å². The first-order valence-corrected chi connectivity index (χ1v) is 7.04. The monoisotopic (exact) mass is 259 g/mol. The number of hydrogen-bond acceptors (Lipinski definition) is 2. The molecule has 0 aliphatic rings. The van der Waals surface area contributed by atoms with Crippen molar-refractivity contribution in [1.29, 1.82) is 0 Å². The van der Waals surface area contributed by atoms with E-state index in [0.29, 0.717) is 5.92 Å². The molecule has 0 bridgehead atoms. The summed E-state index contributed by atoms with van der Waals surface area (Å²) < 4.78 is 0. The van der Waals surface area contributed by atoms with Crippen LogP contribution in [0.25, 0.3) is 0 Å². The third kappa shape index (κ3) is 2.79. The van der Waals surface area contributed by atoms with Gasteiger partial charge in [-0.25, -0.2) is 0 Å². The fourth-order valence-corrected chi connectivity index (χ4v) is 2.47. The van der Waals surface area contributed by atoms with Crippen LogP contribution in [0.4, 0.5) is 5.69 Å². The molecule has 0 radical (unpaired) electrons. The average molecular weight is 259 g/mol. The van der Waals surface area contributed by atoms with Crippen molar-refractivity contribution < 1.29 is 4.79 Å². The second-order valence-electron chi connectivity index (χ2n) is 4.33. The Bertz CT molecular complexity index is 519. The van der Waals surface area contributed by atoms with E-state index in [2.05, 4.69) is 25.2 Å². The van der Waals surface area contributed by atoms with Gasteiger partial charge in [0.05, 0.1) is 4.88 Å². The van der Waals surface area contributed by atoms with Gasteiger partial charge in [-0.3, -0.25) is 4.79 Å². The predicted molar refractivity (Wildman–Crippen MR) is 77.4 cm³/mol. The quantitative estimate of drug-likeness (QED) is 0.859. The molecule has 2 rings (SSSR count). The highest BCUT2D eigenvalue weighted by Crippen LogP contribution is 2.27. The van der Waals surface area contributed by atoms with E-state index >= 15 is 0 Å². The summed E-state index contributed by atoms with van der Waals surface area (Å²) in [6.07, 6.45) is 1.06. The highest BCUT2D eigenvalue weighted by atomic mass is 32.1. The molecule has 2 aromatic rings. The maximum absolute atomic E-state index is 12.0. The van der Waals surface area contributed by atoms with Crippen molar-refractivity contribution in [1.82, 2.24) is 0 Å². The number of rotatable bonds is 4. The van der Waals surface area contributed by atoms with Crippen molar-refractivity contribution in [3.63, 3.8) is 0 Å². The Morgan fingerprint density at radius 3 is 2.72 bits per heavy atom. The van der Waals surface area contributed by atoms with Crippen LogP contribution in [0.5, 0.6) is 0 Å². The Kier molecular flexibility index (Phi) is 4.15. The highest BCUT2D eigenvalue weighted by Gasteiger charge is 2.12. The maximum Gasteiger partial charge on any atom is 0.265 e. The van der Waals surface area contributed by atoms with E-state index in [-0.39, 0.29) is 5.91 Å². The van der Waals surface area contributed by atoms with Gasteiger partial charge < -0.3 is 5.32 Å². The van der Waals surface area contributed by atoms with Gasteiger partial charge in [0.2, 0.25) is 0 Å². The lowest BCUT2D eigenvalue weighted by atomic mass is 9.97. The SMILES string of the molecule is CC[C@@H](C)c1ccccc1NC(=O)c1cccs1. The van der Waals surface area contributed by atoms with Crippen LogP contribution in [0, 0.1) is 0 Å². The first-order chi connectivity index (χ1) is 8.72. The van der Waals surface area contributed by atoms with Crippen LogP contribution in [-0.2, 0) is 0 Å². The van der Waals surface area contributed by atoms with Crippen molar-refractivity contribution in [3.05, 3.63) is 52.2 Å². The van der Waals surface area contributed by atoms with E-state index in [4.69, 9.17) is 0 Å². The number of carbonyl (C=O) groups is 1. The van der Waals surface area contributed by atoms with E-state index < -0.39 is 0 Å². The van der Waals surface area contributed by atoms with E-state index in [9.17, 15) is 4.79 Å². The van der Waals surface area contributed by atoms with Crippen LogP contribution in [0.15, 0.2) is 41.8 Å². The van der Waals surface area contributed by atoms with Crippen molar-refractivity contribution in [3.8, 4) is 0 Å². The average Bonchev–Trinajstić information content (AvgIpc) is 2.92. The van der Waals surface area contributed by atoms with Gasteiger partial charge >= 0.3 is 0 Å². The fourth-order valence-electron chi connectivity index (χ4n) is 1.85. The predicted octanol–water partition coefficient (Wildman–Crippen LogP) is 4.51. The number of thiophene rings is 1. The summed E-state index contributed by atoms with van der Waals surface area (Å²) in [6, 6.07) is 11.7. The topological polar surface area (TPSA) is 29.1 Å². The molecule has 1 amide bonds. The molecule has 0 aliphatic carbocycles. The molecule has 18 heavy (non-hydrogen) atoms. The zero-order chi connectivity index (χ0) is 13.0. The summed E-state index contributed by atoms with van der Waals surface area (Å²) in [5.74, 6) is 0.422. The van der Waals surface area contributed by atoms with Crippen LogP contribution in [-0.4, -0.2) is 5.91 Å². The molecular formula is C15H17NOS. The van der Waals surface area contributed by atoms with Crippen molar-refractivity contribution >= 4 is 22.9 Å². The molecule has 94 valence electrons. The fraction of sp³-hybridized carbons (Fsp3) is 0.267. The van der Waals surface area contributed by atoms with E-state index in [1.807, 2.05) is 35.7 Å². The lowest BCUT2D eigenvalue weighted by Gasteiger charge is -2.15. The molecule has 2 nitrogen and oxygen atoms in total. The molecule has 3 heteroatoms. The second-order valence-corrected chi connectivity index (χ2v) is 5.28. The van der Waals surface area contributed by atoms with Gasteiger partial charge in [-0.05, 0) is 35.4 Å². The smallest absolute Gasteiger partial charge is 0.265 e. The largest absolute Gasteiger partial charge is 0.321 e. The molecule has 0 aliphatic heterocycles. The zero-order valence-corrected chi connectivity index (χ0v) is 11.5. The lowest BCUT2D eigenvalue weighted by molar-refractivity contribution is 0.103. The minimum absolute atomic E-state index is 0.0271. The number of hydrogen-bond donors (Lipinski definition) is 1. The molecule has 1 heterocycles. The van der Waals surface area contributed by atoms with Gasteiger partial charge in [-0.1, -0.05) is 38.1 Å². The van der Waals surface area contributed by atoms with Crippen LogP contribution in [0.2, 0.25) is 0 Å². The summed E-state index contributed by atoms with van der Waals surface area (Å²) in [4.78, 5) is 12.8. The maximum atomic E-state index is 12.0. The van der Waals surface area contributed by atoms with E-state index in [1.54, 1.807) is 0 Å². The van der Waals surface area contributed by atoms with Crippen LogP contribution in [0.1, 0.15) is 41.4 Å². The lowest BCUT2D eigenvalue weighted by Crippen LogP contribution is -2.12. The van der Waals surface area contributed by atoms with Crippen molar-refractivity contribution in [2.45, 2.75) is 26.2 Å². The normalized spacial score (nSPS) is 12.1. The summed E-state index contributed by atoms with van der Waals surface area (Å²) in [6.45, 7) is 4.33. The van der Waals surface area contributed by atoms with Gasteiger partial charge in [0.25, 0.3) is 5.91 Å². The van der Waals surface area contributed by atoms with Crippen molar-refractivity contribution in [2.24, 2.45) is 0 Å². The summed E-state index contributed by atoms with van der Waals surface area (Å²) in [7, 11) is 0. The van der Waals surface area contributed by atoms with Crippen molar-refractivity contribution in [2.75, 3.05) is 5.32 Å². The molecule has 0 unspecified atom stereocenters. The molecule has 0 spiro atoms. The Labute approximate surface area is 112 Å². The van der Waals surface area contributed by atoms with Gasteiger partial charge in [0, 0.05) is 5.69 Å². The minimum atomic E-state index is -0.0271. The number of para-hydroxylation sites is 1. The third-order valence-corrected chi connectivity index (χ3v) is 3.97. The summed E-state index contributed by atoms with van der Waals surface area (Å²) >= 11 is 1.46. The molecular weight excluding hydrogens is 242 g/mol. The molecule has 1 aromatic carbocycles. The highest BCUT2D eigenvalue weighted by molar-refractivity contribution is 7.12. The first-order valence-electron chi connectivity index (χ1n) is 6.16. The number of nitrogens with one attached hydrogen (secondary N) is 1. The molecule has 1 N–H and O–H groups in total. The Balaban J connectivity index is 2.21. The molecule has 0 fully saturated rings. The number of carbonyl (C=O) groups excluding carboxylic acids is 1. The number of amides is 1. The van der Waals surface area contributed by atoms with Gasteiger partial charge in [0.15, 0.2) is 0 Å². The Morgan fingerprint density at radius 1 is 1.28 bits per heavy atom. The number of benzene rings is 1. The molecule has 1 atom stereocenters. The second kappa shape index (κ2) is 5.83. The minimum Gasteiger partial charge on any atom is -0.321 e. The zero-order valence-electron chi connectivity index (χ0n) is 10.6. The Hall–Kier alpha value is -1.61. The first kappa shape index (κ1) is 12.8. The van der Waals surface area contributed by atoms with Gasteiger partial charge in [0.1, 0.15) is 0 Å². The van der Waals surface area contributed by atoms with Crippen LogP contribution >= 0.6 is 11.3 Å². The van der Waals surface area contributed by atoms with E-state index in [0.717, 1.165) is 17.0 Å². The van der Waals surface area contributed by atoms with Crippen LogP contribution < -0.4 is 5.32 Å². The molecule has 1 aromatic heterocycles. The standard InChI is InChI=1S/C15H17NOS/c1-3-11(2)12-7-4-5-8-13(12)16-15(17)14-9-6-10-18-14/h4-11H,3H2,1-2H3,(H,16,17)/t11-/m1/s1. The summed E-state index contributed by atoms with van der Waals surface area (Å²) in [5.41, 5.74) is 2.12. The Morgan fingerprint density at radius 2 is 2.06 bits per heavy atom. The molecule has 0 saturated heterocycles. The van der Waals surface area contributed by atoms with E-state index in [1.165, 1.54) is 16.9 Å². The van der Waals surface area contributed by atoms with Gasteiger partial charge in [-0.15, -0.1) is 11.3 Å². The summed E-state index contributed by atoms with van der Waals surface area (Å²) in [5, 5.41) is 4.91. The van der Waals surface area contributed by atoms with Gasteiger partial charge in [-0.2, -0.15) is 0 Å².